The Labute approximate surface area is 108 Å². The molecule has 2 rings (SSSR count). The number of hydrogen-bond donors (Lipinski definition) is 2. The van der Waals surface area contributed by atoms with Crippen LogP contribution in [0.1, 0.15) is 18.5 Å². The second-order valence-corrected chi connectivity index (χ2v) is 5.16. The third-order valence-electron chi connectivity index (χ3n) is 3.24. The highest BCUT2D eigenvalue weighted by molar-refractivity contribution is 5.54. The van der Waals surface area contributed by atoms with Crippen molar-refractivity contribution in [1.82, 2.24) is 9.88 Å². The van der Waals surface area contributed by atoms with Gasteiger partial charge in [-0.25, -0.2) is 4.98 Å². The zero-order chi connectivity index (χ0) is 13.1. The quantitative estimate of drug-likeness (QED) is 0.826. The fourth-order valence-corrected chi connectivity index (χ4v) is 2.32. The Balaban J connectivity index is 2.20. The molecule has 0 bridgehead atoms. The molecule has 0 aromatic carbocycles. The monoisotopic (exact) mass is 250 g/mol. The van der Waals surface area contributed by atoms with Gasteiger partial charge < -0.3 is 20.6 Å². The molecule has 5 nitrogen and oxygen atoms in total. The van der Waals surface area contributed by atoms with Gasteiger partial charge in [0.1, 0.15) is 5.82 Å². The lowest BCUT2D eigenvalue weighted by molar-refractivity contribution is 0.145. The Morgan fingerprint density at radius 1 is 1.39 bits per heavy atom. The van der Waals surface area contributed by atoms with Gasteiger partial charge in [0.2, 0.25) is 0 Å². The molecule has 1 aliphatic heterocycles. The predicted octanol–water partition coefficient (Wildman–Crippen LogP) is 0.686. The first-order valence-electron chi connectivity index (χ1n) is 6.39. The van der Waals surface area contributed by atoms with Crippen LogP contribution in [0.3, 0.4) is 0 Å². The lowest BCUT2D eigenvalue weighted by Crippen LogP contribution is -2.36. The first-order chi connectivity index (χ1) is 8.56. The van der Waals surface area contributed by atoms with Gasteiger partial charge in [-0.15, -0.1) is 0 Å². The number of hydrogen-bond acceptors (Lipinski definition) is 5. The molecule has 1 aromatic rings. The van der Waals surface area contributed by atoms with Crippen LogP contribution in [-0.4, -0.2) is 48.3 Å². The van der Waals surface area contributed by atoms with Gasteiger partial charge >= 0.3 is 0 Å². The maximum absolute atomic E-state index is 9.56. The molecule has 3 N–H and O–H groups in total. The van der Waals surface area contributed by atoms with Crippen molar-refractivity contribution >= 4 is 11.5 Å². The summed E-state index contributed by atoms with van der Waals surface area (Å²) < 4.78 is 0. The number of piperidine rings is 1. The fourth-order valence-electron chi connectivity index (χ4n) is 2.32. The number of rotatable bonds is 3. The molecule has 0 radical (unpaired) electrons. The van der Waals surface area contributed by atoms with Crippen LogP contribution in [0.5, 0.6) is 0 Å². The Bertz CT molecular complexity index is 400. The van der Waals surface area contributed by atoms with Crippen molar-refractivity contribution in [2.45, 2.75) is 25.5 Å². The van der Waals surface area contributed by atoms with E-state index in [9.17, 15) is 5.11 Å². The molecule has 0 saturated carbocycles. The number of nitrogens with two attached hydrogens (primary N) is 1. The van der Waals surface area contributed by atoms with Crippen LogP contribution in [0, 0.1) is 0 Å². The van der Waals surface area contributed by atoms with E-state index in [0.717, 1.165) is 43.9 Å². The van der Waals surface area contributed by atoms with Crippen molar-refractivity contribution in [3.8, 4) is 0 Å². The van der Waals surface area contributed by atoms with Crippen LogP contribution in [0.15, 0.2) is 12.1 Å². The van der Waals surface area contributed by atoms with Gasteiger partial charge in [-0.2, -0.15) is 0 Å². The SMILES string of the molecule is CN(C)Cc1nc(N)ccc1N1CCC(O)CC1. The molecule has 2 heterocycles. The number of anilines is 2. The number of nitrogens with zero attached hydrogens (tertiary/aromatic N) is 3. The van der Waals surface area contributed by atoms with Crippen LogP contribution >= 0.6 is 0 Å². The molecule has 18 heavy (non-hydrogen) atoms. The van der Waals surface area contributed by atoms with Crippen LogP contribution in [-0.2, 0) is 6.54 Å². The molecular formula is C13H22N4O. The summed E-state index contributed by atoms with van der Waals surface area (Å²) in [6, 6.07) is 3.89. The van der Waals surface area contributed by atoms with Gasteiger partial charge in [-0.05, 0) is 39.1 Å². The number of nitrogen functional groups attached to an aromatic ring is 1. The average molecular weight is 250 g/mol. The van der Waals surface area contributed by atoms with E-state index in [0.29, 0.717) is 5.82 Å². The topological polar surface area (TPSA) is 65.6 Å². The molecule has 1 saturated heterocycles. The number of aliphatic hydroxyl groups is 1. The maximum Gasteiger partial charge on any atom is 0.123 e. The lowest BCUT2D eigenvalue weighted by Gasteiger charge is -2.33. The maximum atomic E-state index is 9.56. The third-order valence-corrected chi connectivity index (χ3v) is 3.24. The third kappa shape index (κ3) is 3.11. The summed E-state index contributed by atoms with van der Waals surface area (Å²) >= 11 is 0. The van der Waals surface area contributed by atoms with E-state index in [1.165, 1.54) is 0 Å². The van der Waals surface area contributed by atoms with Crippen molar-refractivity contribution in [3.05, 3.63) is 17.8 Å². The van der Waals surface area contributed by atoms with Crippen LogP contribution in [0.2, 0.25) is 0 Å². The highest BCUT2D eigenvalue weighted by Crippen LogP contribution is 2.24. The van der Waals surface area contributed by atoms with Gasteiger partial charge in [-0.3, -0.25) is 0 Å². The van der Waals surface area contributed by atoms with E-state index in [-0.39, 0.29) is 6.10 Å². The summed E-state index contributed by atoms with van der Waals surface area (Å²) in [6.45, 7) is 2.54. The molecule has 1 aliphatic rings. The molecule has 0 amide bonds. The van der Waals surface area contributed by atoms with E-state index < -0.39 is 0 Å². The van der Waals surface area contributed by atoms with Crippen molar-refractivity contribution < 1.29 is 5.11 Å². The highest BCUT2D eigenvalue weighted by Gasteiger charge is 2.20. The lowest BCUT2D eigenvalue weighted by atomic mass is 10.1. The summed E-state index contributed by atoms with van der Waals surface area (Å²) in [4.78, 5) is 8.82. The zero-order valence-corrected chi connectivity index (χ0v) is 11.1. The zero-order valence-electron chi connectivity index (χ0n) is 11.1. The van der Waals surface area contributed by atoms with Crippen LogP contribution < -0.4 is 10.6 Å². The summed E-state index contributed by atoms with van der Waals surface area (Å²) in [5.74, 6) is 0.563. The minimum Gasteiger partial charge on any atom is -0.393 e. The minimum atomic E-state index is -0.153. The number of pyridine rings is 1. The predicted molar refractivity (Wildman–Crippen MR) is 73.5 cm³/mol. The molecule has 0 spiro atoms. The molecule has 1 fully saturated rings. The summed E-state index contributed by atoms with van der Waals surface area (Å²) in [6.07, 6.45) is 1.50. The van der Waals surface area contributed by atoms with Crippen LogP contribution in [0.4, 0.5) is 11.5 Å². The van der Waals surface area contributed by atoms with E-state index in [1.807, 2.05) is 26.2 Å². The molecule has 0 atom stereocenters. The van der Waals surface area contributed by atoms with E-state index in [4.69, 9.17) is 5.73 Å². The molecule has 0 unspecified atom stereocenters. The van der Waals surface area contributed by atoms with Gasteiger partial charge in [0.25, 0.3) is 0 Å². The van der Waals surface area contributed by atoms with Crippen molar-refractivity contribution in [2.24, 2.45) is 0 Å². The van der Waals surface area contributed by atoms with Crippen molar-refractivity contribution in [2.75, 3.05) is 37.8 Å². The van der Waals surface area contributed by atoms with E-state index in [2.05, 4.69) is 14.8 Å². The first-order valence-corrected chi connectivity index (χ1v) is 6.39. The standard InChI is InChI=1S/C13H22N4O/c1-16(2)9-11-12(3-4-13(14)15-11)17-7-5-10(18)6-8-17/h3-4,10,18H,5-9H2,1-2H3,(H2,14,15). The Morgan fingerprint density at radius 2 is 2.06 bits per heavy atom. The van der Waals surface area contributed by atoms with Crippen molar-refractivity contribution in [3.63, 3.8) is 0 Å². The van der Waals surface area contributed by atoms with Gasteiger partial charge in [0.05, 0.1) is 17.5 Å². The van der Waals surface area contributed by atoms with E-state index >= 15 is 0 Å². The van der Waals surface area contributed by atoms with Gasteiger partial charge in [-0.1, -0.05) is 0 Å². The second kappa shape index (κ2) is 5.54. The molecule has 0 aliphatic carbocycles. The normalized spacial score (nSPS) is 17.4. The average Bonchev–Trinajstić information content (AvgIpc) is 2.30. The van der Waals surface area contributed by atoms with Gasteiger partial charge in [0.15, 0.2) is 0 Å². The molecule has 100 valence electrons. The number of aromatic nitrogens is 1. The van der Waals surface area contributed by atoms with Crippen molar-refractivity contribution in [1.29, 1.82) is 0 Å². The Morgan fingerprint density at radius 3 is 2.67 bits per heavy atom. The summed E-state index contributed by atoms with van der Waals surface area (Å²) in [7, 11) is 4.04. The Hall–Kier alpha value is -1.33. The second-order valence-electron chi connectivity index (χ2n) is 5.16. The number of aliphatic hydroxyl groups excluding tert-OH is 1. The molecule has 5 heteroatoms. The smallest absolute Gasteiger partial charge is 0.123 e. The van der Waals surface area contributed by atoms with Gasteiger partial charge in [0, 0.05) is 19.6 Å². The first kappa shape index (κ1) is 13.1. The largest absolute Gasteiger partial charge is 0.393 e. The summed E-state index contributed by atoms with van der Waals surface area (Å²) in [5, 5.41) is 9.56. The molecule has 1 aromatic heterocycles. The molecular weight excluding hydrogens is 228 g/mol. The Kier molecular flexibility index (Phi) is 4.04. The minimum absolute atomic E-state index is 0.153. The highest BCUT2D eigenvalue weighted by atomic mass is 16.3. The van der Waals surface area contributed by atoms with Crippen LogP contribution in [0.25, 0.3) is 0 Å². The fraction of sp³-hybridized carbons (Fsp3) is 0.615. The van der Waals surface area contributed by atoms with E-state index in [1.54, 1.807) is 0 Å². The summed E-state index contributed by atoms with van der Waals surface area (Å²) in [5.41, 5.74) is 7.92.